The van der Waals surface area contributed by atoms with Gasteiger partial charge >= 0.3 is 6.09 Å². The second kappa shape index (κ2) is 14.2. The van der Waals surface area contributed by atoms with E-state index in [-0.39, 0.29) is 12.6 Å². The second-order valence-corrected chi connectivity index (χ2v) is 11.1. The quantitative estimate of drug-likeness (QED) is 0.309. The number of piperazine rings is 1. The molecule has 1 saturated heterocycles. The summed E-state index contributed by atoms with van der Waals surface area (Å²) in [6.07, 6.45) is 2.54. The molecule has 42 heavy (non-hydrogen) atoms. The van der Waals surface area contributed by atoms with Crippen LogP contribution in [0.1, 0.15) is 41.5 Å². The molecule has 0 radical (unpaired) electrons. The lowest BCUT2D eigenvalue weighted by Crippen LogP contribution is -2.46. The normalized spacial score (nSPS) is 15.3. The second-order valence-electron chi connectivity index (χ2n) is 11.1. The number of nitrogens with one attached hydrogen (secondary N) is 1. The summed E-state index contributed by atoms with van der Waals surface area (Å²) in [6, 6.07) is 22.1. The highest BCUT2D eigenvalue weighted by molar-refractivity contribution is 5.96. The molecule has 1 fully saturated rings. The van der Waals surface area contributed by atoms with Gasteiger partial charge in [0.05, 0.1) is 12.3 Å². The molecule has 0 atom stereocenters. The maximum Gasteiger partial charge on any atom is 0.409 e. The fraction of sp³-hybridized carbons (Fsp3) is 0.412. The molecule has 222 valence electrons. The predicted octanol–water partition coefficient (Wildman–Crippen LogP) is 5.45. The minimum Gasteiger partial charge on any atom is -0.494 e. The van der Waals surface area contributed by atoms with E-state index in [2.05, 4.69) is 47.2 Å². The number of carbonyl (C=O) groups is 2. The fourth-order valence-electron chi connectivity index (χ4n) is 5.61. The van der Waals surface area contributed by atoms with Gasteiger partial charge in [0.25, 0.3) is 0 Å². The van der Waals surface area contributed by atoms with Gasteiger partial charge in [0.15, 0.2) is 6.73 Å². The smallest absolute Gasteiger partial charge is 0.409 e. The third-order valence-electron chi connectivity index (χ3n) is 8.29. The summed E-state index contributed by atoms with van der Waals surface area (Å²) in [6.45, 7) is 10.6. The van der Waals surface area contributed by atoms with Crippen LogP contribution in [0.25, 0.3) is 0 Å². The third-order valence-corrected chi connectivity index (χ3v) is 8.29. The van der Waals surface area contributed by atoms with E-state index in [0.717, 1.165) is 68.1 Å². The van der Waals surface area contributed by atoms with Crippen LogP contribution in [0.2, 0.25) is 0 Å². The van der Waals surface area contributed by atoms with Crippen molar-refractivity contribution in [1.82, 2.24) is 10.2 Å². The van der Waals surface area contributed by atoms with E-state index in [9.17, 15) is 9.59 Å². The van der Waals surface area contributed by atoms with E-state index >= 15 is 0 Å². The summed E-state index contributed by atoms with van der Waals surface area (Å²) in [4.78, 5) is 31.6. The van der Waals surface area contributed by atoms with Crippen LogP contribution in [0.4, 0.5) is 16.2 Å². The van der Waals surface area contributed by atoms with Crippen LogP contribution >= 0.6 is 0 Å². The Morgan fingerprint density at radius 2 is 1.69 bits per heavy atom. The van der Waals surface area contributed by atoms with Crippen molar-refractivity contribution >= 4 is 23.4 Å². The standard InChI is InChI=1S/C34H42N4O4/c1-26-9-8-12-31(27(26)2)37-20-18-36(19-21-37)17-6-7-22-41-30-15-13-29-14-16-33(39)38(32(29)23-30)25-42-34(40)35-24-28-10-4-3-5-11-28/h3-5,8-13,15,23H,6-7,14,16-22,24-25H2,1-2H3,(H,35,40). The summed E-state index contributed by atoms with van der Waals surface area (Å²) in [5, 5.41) is 2.74. The van der Waals surface area contributed by atoms with Crippen LogP contribution in [-0.2, 0) is 22.5 Å². The topological polar surface area (TPSA) is 74.3 Å². The number of hydrogen-bond acceptors (Lipinski definition) is 6. The first-order chi connectivity index (χ1) is 20.5. The average molecular weight is 571 g/mol. The summed E-state index contributed by atoms with van der Waals surface area (Å²) in [5.74, 6) is 0.664. The molecule has 2 aliphatic heterocycles. The van der Waals surface area contributed by atoms with Gasteiger partial charge in [0.1, 0.15) is 5.75 Å². The largest absolute Gasteiger partial charge is 0.494 e. The van der Waals surface area contributed by atoms with Crippen LogP contribution < -0.4 is 19.9 Å². The Morgan fingerprint density at radius 3 is 2.50 bits per heavy atom. The number of fused-ring (bicyclic) bond motifs is 1. The van der Waals surface area contributed by atoms with Gasteiger partial charge in [-0.05, 0) is 74.0 Å². The molecule has 2 aliphatic rings. The van der Waals surface area contributed by atoms with E-state index in [1.807, 2.05) is 48.5 Å². The molecule has 2 heterocycles. The van der Waals surface area contributed by atoms with Crippen LogP contribution in [0.15, 0.2) is 66.7 Å². The van der Waals surface area contributed by atoms with Crippen molar-refractivity contribution < 1.29 is 19.1 Å². The number of amides is 2. The number of hydrogen-bond donors (Lipinski definition) is 1. The van der Waals surface area contributed by atoms with Crippen LogP contribution in [0.5, 0.6) is 5.75 Å². The van der Waals surface area contributed by atoms with Gasteiger partial charge in [-0.3, -0.25) is 14.6 Å². The van der Waals surface area contributed by atoms with Crippen molar-refractivity contribution in [1.29, 1.82) is 0 Å². The number of unbranched alkanes of at least 4 members (excludes halogenated alkanes) is 1. The van der Waals surface area contributed by atoms with Crippen LogP contribution in [0, 0.1) is 13.8 Å². The van der Waals surface area contributed by atoms with E-state index < -0.39 is 6.09 Å². The minimum atomic E-state index is -0.558. The number of ether oxygens (including phenoxy) is 2. The number of benzene rings is 3. The molecule has 0 bridgehead atoms. The van der Waals surface area contributed by atoms with Gasteiger partial charge in [-0.15, -0.1) is 0 Å². The summed E-state index contributed by atoms with van der Waals surface area (Å²) >= 11 is 0. The van der Waals surface area contributed by atoms with E-state index in [4.69, 9.17) is 9.47 Å². The molecule has 0 saturated carbocycles. The van der Waals surface area contributed by atoms with Crippen molar-refractivity contribution in [3.8, 4) is 5.75 Å². The number of rotatable bonds is 11. The Hall–Kier alpha value is -4.04. The zero-order valence-corrected chi connectivity index (χ0v) is 24.8. The minimum absolute atomic E-state index is 0.0619. The number of carbonyl (C=O) groups excluding carboxylic acids is 2. The summed E-state index contributed by atoms with van der Waals surface area (Å²) < 4.78 is 11.5. The highest BCUT2D eigenvalue weighted by Crippen LogP contribution is 2.32. The third kappa shape index (κ3) is 7.62. The van der Waals surface area contributed by atoms with Crippen molar-refractivity contribution in [3.05, 3.63) is 89.0 Å². The number of anilines is 2. The Morgan fingerprint density at radius 1 is 0.881 bits per heavy atom. The van der Waals surface area contributed by atoms with Gasteiger partial charge < -0.3 is 19.7 Å². The predicted molar refractivity (Wildman–Crippen MR) is 166 cm³/mol. The van der Waals surface area contributed by atoms with Gasteiger partial charge in [0.2, 0.25) is 5.91 Å². The van der Waals surface area contributed by atoms with Gasteiger partial charge in [-0.1, -0.05) is 48.5 Å². The van der Waals surface area contributed by atoms with E-state index in [1.54, 1.807) is 0 Å². The van der Waals surface area contributed by atoms with Gasteiger partial charge in [-0.2, -0.15) is 0 Å². The first kappa shape index (κ1) is 29.5. The Kier molecular flexibility index (Phi) is 9.98. The molecule has 0 unspecified atom stereocenters. The van der Waals surface area contributed by atoms with Crippen molar-refractivity contribution in [3.63, 3.8) is 0 Å². The van der Waals surface area contributed by atoms with Gasteiger partial charge in [0, 0.05) is 50.9 Å². The maximum absolute atomic E-state index is 12.7. The molecule has 2 amide bonds. The molecule has 1 N–H and O–H groups in total. The first-order valence-electron chi connectivity index (χ1n) is 15.0. The molecular formula is C34H42N4O4. The molecule has 0 aromatic heterocycles. The van der Waals surface area contributed by atoms with Gasteiger partial charge in [-0.25, -0.2) is 4.79 Å². The average Bonchev–Trinajstić information content (AvgIpc) is 3.01. The molecule has 3 aromatic rings. The number of nitrogens with zero attached hydrogens (tertiary/aromatic N) is 3. The highest BCUT2D eigenvalue weighted by Gasteiger charge is 2.26. The molecule has 8 nitrogen and oxygen atoms in total. The van der Waals surface area contributed by atoms with Crippen LogP contribution in [0.3, 0.4) is 0 Å². The molecule has 8 heteroatoms. The lowest BCUT2D eigenvalue weighted by molar-refractivity contribution is -0.119. The first-order valence-corrected chi connectivity index (χ1v) is 15.0. The van der Waals surface area contributed by atoms with E-state index in [0.29, 0.717) is 26.0 Å². The lowest BCUT2D eigenvalue weighted by Gasteiger charge is -2.37. The van der Waals surface area contributed by atoms with E-state index in [1.165, 1.54) is 21.7 Å². The fourth-order valence-corrected chi connectivity index (χ4v) is 5.61. The molecule has 0 spiro atoms. The van der Waals surface area contributed by atoms with Crippen molar-refractivity contribution in [2.45, 2.75) is 46.1 Å². The zero-order chi connectivity index (χ0) is 29.3. The zero-order valence-electron chi connectivity index (χ0n) is 24.8. The number of aryl methyl sites for hydroxylation is 2. The molecular weight excluding hydrogens is 528 g/mol. The Bertz CT molecular complexity index is 1350. The summed E-state index contributed by atoms with van der Waals surface area (Å²) in [7, 11) is 0. The van der Waals surface area contributed by atoms with Crippen molar-refractivity contribution in [2.75, 3.05) is 55.9 Å². The summed E-state index contributed by atoms with van der Waals surface area (Å²) in [5.41, 5.74) is 6.88. The molecule has 3 aromatic carbocycles. The number of alkyl carbamates (subject to hydrolysis) is 1. The van der Waals surface area contributed by atoms with Crippen LogP contribution in [-0.4, -0.2) is 63.0 Å². The Labute approximate surface area is 249 Å². The highest BCUT2D eigenvalue weighted by atomic mass is 16.6. The molecule has 0 aliphatic carbocycles. The van der Waals surface area contributed by atoms with Crippen molar-refractivity contribution in [2.24, 2.45) is 0 Å². The Balaban J connectivity index is 1.04. The molecule has 5 rings (SSSR count). The maximum atomic E-state index is 12.7. The SMILES string of the molecule is Cc1cccc(N2CCN(CCCCOc3ccc4c(c3)N(COC(=O)NCc3ccccc3)C(=O)CC4)CC2)c1C. The monoisotopic (exact) mass is 570 g/mol. The lowest BCUT2D eigenvalue weighted by atomic mass is 10.0.